The minimum absolute atomic E-state index is 0.886. The zero-order valence-electron chi connectivity index (χ0n) is 7.59. The molecule has 1 atom stereocenters. The Labute approximate surface area is 74.2 Å². The molecule has 1 aromatic carbocycles. The number of benzene rings is 1. The summed E-state index contributed by atoms with van der Waals surface area (Å²) < 4.78 is 0.886. The lowest BCUT2D eigenvalue weighted by Gasteiger charge is -2.42. The summed E-state index contributed by atoms with van der Waals surface area (Å²) in [6.07, 6.45) is 1.18. The van der Waals surface area contributed by atoms with Crippen molar-refractivity contribution in [1.29, 1.82) is 0 Å². The van der Waals surface area contributed by atoms with Crippen LogP contribution in [0.4, 0.5) is 0 Å². The van der Waals surface area contributed by atoms with Gasteiger partial charge in [0, 0.05) is 19.0 Å². The molecule has 12 heavy (non-hydrogen) atoms. The molecule has 1 aromatic rings. The Bertz CT molecular complexity index is 289. The van der Waals surface area contributed by atoms with Crippen LogP contribution in [0.25, 0.3) is 0 Å². The lowest BCUT2D eigenvalue weighted by atomic mass is 9.99. The third kappa shape index (κ3) is 1.37. The van der Waals surface area contributed by atoms with Gasteiger partial charge in [-0.15, -0.1) is 7.05 Å². The highest BCUT2D eigenvalue weighted by molar-refractivity contribution is 5.27. The summed E-state index contributed by atoms with van der Waals surface area (Å²) in [6, 6.07) is 8.69. The molecular formula is C11H15N. The zero-order valence-corrected chi connectivity index (χ0v) is 7.59. The minimum Gasteiger partial charge on any atom is -0.455 e. The first-order valence-corrected chi connectivity index (χ1v) is 4.43. The van der Waals surface area contributed by atoms with Gasteiger partial charge in [0.1, 0.15) is 0 Å². The Morgan fingerprint density at radius 3 is 2.67 bits per heavy atom. The van der Waals surface area contributed by atoms with Gasteiger partial charge in [-0.2, -0.15) is 0 Å². The second-order valence-corrected chi connectivity index (χ2v) is 4.02. The molecule has 1 heteroatoms. The van der Waals surface area contributed by atoms with Gasteiger partial charge in [-0.05, 0) is 5.56 Å². The van der Waals surface area contributed by atoms with Crippen molar-refractivity contribution in [3.8, 4) is 0 Å². The number of nitrogens with zero attached hydrogens (tertiary/aromatic N) is 1. The molecule has 64 valence electrons. The summed E-state index contributed by atoms with van der Waals surface area (Å²) >= 11 is 0. The first-order chi connectivity index (χ1) is 5.67. The summed E-state index contributed by atoms with van der Waals surface area (Å²) in [4.78, 5) is 0. The van der Waals surface area contributed by atoms with E-state index in [0.29, 0.717) is 0 Å². The highest BCUT2D eigenvalue weighted by Gasteiger charge is 2.18. The van der Waals surface area contributed by atoms with Gasteiger partial charge in [0.25, 0.3) is 0 Å². The van der Waals surface area contributed by atoms with Crippen molar-refractivity contribution in [3.05, 3.63) is 42.4 Å². The number of likely N-dealkylation sites (N-methyl/N-ethyl adjacent to an activating group) is 1. The minimum atomic E-state index is 0.886. The highest BCUT2D eigenvalue weighted by Crippen LogP contribution is 2.21. The lowest BCUT2D eigenvalue weighted by Crippen LogP contribution is -2.41. The summed E-state index contributed by atoms with van der Waals surface area (Å²) in [6.45, 7) is 2.24. The third-order valence-corrected chi connectivity index (χ3v) is 2.59. The van der Waals surface area contributed by atoms with Crippen LogP contribution in [-0.4, -0.2) is 18.1 Å². The smallest absolute Gasteiger partial charge is 0.0803 e. The third-order valence-electron chi connectivity index (χ3n) is 2.59. The fraction of sp³-hybridized carbons (Fsp3) is 0.364. The van der Waals surface area contributed by atoms with Crippen LogP contribution in [0.2, 0.25) is 0 Å². The Balaban J connectivity index is 2.35. The molecule has 2 rings (SSSR count). The molecule has 0 aromatic heterocycles. The lowest BCUT2D eigenvalue weighted by molar-refractivity contribution is -0.881. The molecule has 0 fully saturated rings. The fourth-order valence-corrected chi connectivity index (χ4v) is 1.84. The maximum absolute atomic E-state index is 4.17. The molecule has 0 spiro atoms. The molecule has 0 amide bonds. The molecular weight excluding hydrogens is 146 g/mol. The Morgan fingerprint density at radius 1 is 1.25 bits per heavy atom. The van der Waals surface area contributed by atoms with Crippen LogP contribution < -0.4 is 0 Å². The van der Waals surface area contributed by atoms with Gasteiger partial charge < -0.3 is 4.48 Å². The molecule has 1 aliphatic heterocycles. The van der Waals surface area contributed by atoms with Gasteiger partial charge in [-0.25, -0.2) is 0 Å². The van der Waals surface area contributed by atoms with Gasteiger partial charge in [0.05, 0.1) is 13.1 Å². The van der Waals surface area contributed by atoms with Crippen molar-refractivity contribution in [3.63, 3.8) is 0 Å². The predicted octanol–water partition coefficient (Wildman–Crippen LogP) is 1.98. The molecule has 1 nitrogen and oxygen atoms in total. The second kappa shape index (κ2) is 2.60. The van der Waals surface area contributed by atoms with Crippen molar-refractivity contribution >= 4 is 0 Å². The molecule has 1 unspecified atom stereocenters. The Kier molecular flexibility index (Phi) is 1.69. The largest absolute Gasteiger partial charge is 0.455 e. The van der Waals surface area contributed by atoms with Crippen LogP contribution in [0.5, 0.6) is 0 Å². The van der Waals surface area contributed by atoms with Gasteiger partial charge in [0.2, 0.25) is 0 Å². The van der Waals surface area contributed by atoms with Crippen LogP contribution in [-0.2, 0) is 13.0 Å². The zero-order chi connectivity index (χ0) is 8.60. The number of hydrogen-bond donors (Lipinski definition) is 0. The Morgan fingerprint density at radius 2 is 1.92 bits per heavy atom. The molecule has 0 saturated carbocycles. The molecule has 1 heterocycles. The van der Waals surface area contributed by atoms with Gasteiger partial charge >= 0.3 is 0 Å². The molecule has 0 radical (unpaired) electrons. The van der Waals surface area contributed by atoms with E-state index in [1.54, 1.807) is 0 Å². The van der Waals surface area contributed by atoms with E-state index in [4.69, 9.17) is 0 Å². The van der Waals surface area contributed by atoms with Crippen LogP contribution in [0.1, 0.15) is 11.1 Å². The van der Waals surface area contributed by atoms with E-state index >= 15 is 0 Å². The summed E-state index contributed by atoms with van der Waals surface area (Å²) in [5.74, 6) is 0. The van der Waals surface area contributed by atoms with E-state index in [2.05, 4.69) is 38.4 Å². The number of fused-ring (bicyclic) bond motifs is 1. The maximum atomic E-state index is 4.17. The van der Waals surface area contributed by atoms with Crippen LogP contribution in [0.15, 0.2) is 24.3 Å². The van der Waals surface area contributed by atoms with E-state index < -0.39 is 0 Å². The molecule has 1 aliphatic rings. The van der Waals surface area contributed by atoms with Crippen LogP contribution >= 0.6 is 0 Å². The maximum Gasteiger partial charge on any atom is 0.0803 e. The van der Waals surface area contributed by atoms with Gasteiger partial charge in [0.15, 0.2) is 0 Å². The quantitative estimate of drug-likeness (QED) is 0.403. The number of hydrogen-bond acceptors (Lipinski definition) is 0. The second-order valence-electron chi connectivity index (χ2n) is 4.02. The SMILES string of the molecule is [CH2-][N+]1(C)CCc2ccccc2C1. The highest BCUT2D eigenvalue weighted by atomic mass is 15.3. The summed E-state index contributed by atoms with van der Waals surface area (Å²) in [7, 11) is 6.36. The first-order valence-electron chi connectivity index (χ1n) is 4.43. The standard InChI is InChI=1S/C11H15N/c1-12(2)8-7-10-5-3-4-6-11(10)9-12/h3-6H,1,7-9H2,2H3. The fourth-order valence-electron chi connectivity index (χ4n) is 1.84. The van der Waals surface area contributed by atoms with Crippen molar-refractivity contribution < 1.29 is 4.48 Å². The normalized spacial score (nSPS) is 28.2. The molecule has 0 saturated heterocycles. The number of rotatable bonds is 0. The van der Waals surface area contributed by atoms with Gasteiger partial charge in [-0.1, -0.05) is 24.3 Å². The molecule has 0 bridgehead atoms. The Hall–Kier alpha value is -0.820. The summed E-state index contributed by atoms with van der Waals surface area (Å²) in [5.41, 5.74) is 2.98. The average molecular weight is 161 g/mol. The van der Waals surface area contributed by atoms with Crippen molar-refractivity contribution in [2.45, 2.75) is 13.0 Å². The van der Waals surface area contributed by atoms with E-state index in [1.807, 2.05) is 0 Å². The van der Waals surface area contributed by atoms with E-state index in [0.717, 1.165) is 17.6 Å². The average Bonchev–Trinajstić information content (AvgIpc) is 2.02. The van der Waals surface area contributed by atoms with Crippen LogP contribution in [0.3, 0.4) is 0 Å². The molecule has 0 N–H and O–H groups in total. The van der Waals surface area contributed by atoms with E-state index in [-0.39, 0.29) is 0 Å². The predicted molar refractivity (Wildman–Crippen MR) is 50.3 cm³/mol. The van der Waals surface area contributed by atoms with E-state index in [9.17, 15) is 0 Å². The topological polar surface area (TPSA) is 0 Å². The molecule has 0 aliphatic carbocycles. The first kappa shape index (κ1) is 7.81. The van der Waals surface area contributed by atoms with E-state index in [1.165, 1.54) is 17.5 Å². The van der Waals surface area contributed by atoms with Crippen LogP contribution in [0, 0.1) is 7.05 Å². The van der Waals surface area contributed by atoms with Crippen molar-refractivity contribution in [2.75, 3.05) is 13.6 Å². The summed E-state index contributed by atoms with van der Waals surface area (Å²) in [5, 5.41) is 0. The number of quaternary nitrogens is 1. The van der Waals surface area contributed by atoms with Gasteiger partial charge in [-0.3, -0.25) is 0 Å². The monoisotopic (exact) mass is 161 g/mol. The van der Waals surface area contributed by atoms with Crippen molar-refractivity contribution in [1.82, 2.24) is 0 Å². The van der Waals surface area contributed by atoms with Crippen molar-refractivity contribution in [2.24, 2.45) is 0 Å².